The van der Waals surface area contributed by atoms with Gasteiger partial charge in [-0.2, -0.15) is 5.10 Å². The lowest BCUT2D eigenvalue weighted by Gasteiger charge is -2.39. The van der Waals surface area contributed by atoms with Crippen molar-refractivity contribution in [3.8, 4) is 22.8 Å². The van der Waals surface area contributed by atoms with Crippen molar-refractivity contribution < 1.29 is 23.4 Å². The summed E-state index contributed by atoms with van der Waals surface area (Å²) < 4.78 is 32.3. The first-order valence-corrected chi connectivity index (χ1v) is 12.0. The number of carbonyl (C=O) groups excluding carboxylic acids is 1. The van der Waals surface area contributed by atoms with Crippen molar-refractivity contribution >= 4 is 28.8 Å². The topological polar surface area (TPSA) is 117 Å². The fourth-order valence-electron chi connectivity index (χ4n) is 3.94. The van der Waals surface area contributed by atoms with Gasteiger partial charge in [0, 0.05) is 37.0 Å². The average Bonchev–Trinajstić information content (AvgIpc) is 3.32. The molecule has 1 saturated heterocycles. The molecule has 12 heteroatoms. The summed E-state index contributed by atoms with van der Waals surface area (Å²) in [6, 6.07) is 6.47. The maximum atomic E-state index is 14.8. The second-order valence-electron chi connectivity index (χ2n) is 9.86. The minimum absolute atomic E-state index is 0.0485. The molecule has 1 amide bonds. The van der Waals surface area contributed by atoms with Gasteiger partial charge in [0.15, 0.2) is 17.2 Å². The zero-order valence-electron chi connectivity index (χ0n) is 21.7. The number of aromatic nitrogens is 5. The van der Waals surface area contributed by atoms with Crippen LogP contribution in [0.2, 0.25) is 0 Å². The quantitative estimate of drug-likeness (QED) is 0.389. The molecule has 3 aromatic heterocycles. The molecule has 0 spiro atoms. The van der Waals surface area contributed by atoms with Crippen LogP contribution in [0.5, 0.6) is 11.5 Å². The summed E-state index contributed by atoms with van der Waals surface area (Å²) in [5, 5.41) is 7.41. The Bertz CT molecular complexity index is 1490. The Hall–Kier alpha value is -4.48. The van der Waals surface area contributed by atoms with E-state index >= 15 is 0 Å². The number of nitrogens with zero attached hydrogens (tertiary/aromatic N) is 6. The second-order valence-corrected chi connectivity index (χ2v) is 9.86. The number of pyridine rings is 1. The number of carbonyl (C=O) groups is 1. The van der Waals surface area contributed by atoms with Crippen molar-refractivity contribution in [2.24, 2.45) is 0 Å². The Kier molecular flexibility index (Phi) is 6.47. The smallest absolute Gasteiger partial charge is 0.410 e. The molecule has 0 aliphatic carbocycles. The summed E-state index contributed by atoms with van der Waals surface area (Å²) in [4.78, 5) is 27.5. The number of hydrogen-bond acceptors (Lipinski definition) is 9. The minimum Gasteiger partial charge on any atom is -0.497 e. The minimum atomic E-state index is -0.566. The van der Waals surface area contributed by atoms with E-state index in [-0.39, 0.29) is 23.6 Å². The van der Waals surface area contributed by atoms with E-state index in [1.807, 2.05) is 31.6 Å². The van der Waals surface area contributed by atoms with Gasteiger partial charge in [0.1, 0.15) is 22.7 Å². The molecular weight excluding hydrogens is 493 g/mol. The van der Waals surface area contributed by atoms with E-state index in [0.29, 0.717) is 41.5 Å². The molecule has 0 saturated carbocycles. The first kappa shape index (κ1) is 25.2. The fraction of sp³-hybridized carbons (Fsp3) is 0.346. The molecule has 1 aromatic carbocycles. The van der Waals surface area contributed by atoms with Crippen LogP contribution in [0, 0.1) is 5.82 Å². The van der Waals surface area contributed by atoms with Gasteiger partial charge in [-0.05, 0) is 32.9 Å². The van der Waals surface area contributed by atoms with Crippen LogP contribution >= 0.6 is 0 Å². The van der Waals surface area contributed by atoms with Crippen molar-refractivity contribution in [1.29, 1.82) is 0 Å². The van der Waals surface area contributed by atoms with Gasteiger partial charge in [0.05, 0.1) is 44.0 Å². The molecule has 4 heterocycles. The second kappa shape index (κ2) is 9.77. The molecule has 5 rings (SSSR count). The third-order valence-corrected chi connectivity index (χ3v) is 5.92. The number of hydrogen-bond donors (Lipinski definition) is 1. The number of rotatable bonds is 6. The Morgan fingerprint density at radius 1 is 1.11 bits per heavy atom. The molecule has 4 aromatic rings. The lowest BCUT2D eigenvalue weighted by atomic mass is 10.1. The predicted molar refractivity (Wildman–Crippen MR) is 138 cm³/mol. The van der Waals surface area contributed by atoms with Gasteiger partial charge in [-0.15, -0.1) is 0 Å². The van der Waals surface area contributed by atoms with Gasteiger partial charge < -0.3 is 24.4 Å². The summed E-state index contributed by atoms with van der Waals surface area (Å²) in [5.41, 5.74) is 1.94. The Morgan fingerprint density at radius 2 is 1.89 bits per heavy atom. The third kappa shape index (κ3) is 5.15. The van der Waals surface area contributed by atoms with Crippen molar-refractivity contribution in [3.05, 3.63) is 48.7 Å². The lowest BCUT2D eigenvalue weighted by molar-refractivity contribution is -0.000384. The number of nitrogens with one attached hydrogen (secondary N) is 1. The van der Waals surface area contributed by atoms with Crippen molar-refractivity contribution in [3.63, 3.8) is 0 Å². The lowest BCUT2D eigenvalue weighted by Crippen LogP contribution is -2.52. The summed E-state index contributed by atoms with van der Waals surface area (Å²) in [5.74, 6) is 0.299. The average molecular weight is 522 g/mol. The van der Waals surface area contributed by atoms with Crippen LogP contribution < -0.4 is 14.8 Å². The fourth-order valence-corrected chi connectivity index (χ4v) is 3.94. The third-order valence-electron chi connectivity index (χ3n) is 5.92. The van der Waals surface area contributed by atoms with Crippen molar-refractivity contribution in [2.45, 2.75) is 32.4 Å². The zero-order valence-corrected chi connectivity index (χ0v) is 21.7. The zero-order chi connectivity index (χ0) is 27.0. The molecule has 198 valence electrons. The number of anilines is 2. The molecule has 1 aliphatic rings. The highest BCUT2D eigenvalue weighted by Crippen LogP contribution is 2.32. The number of methoxy groups -OCH3 is 2. The maximum Gasteiger partial charge on any atom is 0.410 e. The van der Waals surface area contributed by atoms with Crippen LogP contribution in [0.25, 0.3) is 22.4 Å². The van der Waals surface area contributed by atoms with Crippen LogP contribution in [-0.4, -0.2) is 68.6 Å². The number of likely N-dealkylation sites (tertiary alicyclic amines) is 1. The molecular formula is C26H28FN7O4. The van der Waals surface area contributed by atoms with Gasteiger partial charge in [0.25, 0.3) is 0 Å². The predicted octanol–water partition coefficient (Wildman–Crippen LogP) is 4.58. The Labute approximate surface area is 218 Å². The van der Waals surface area contributed by atoms with Crippen LogP contribution in [-0.2, 0) is 4.74 Å². The molecule has 11 nitrogen and oxygen atoms in total. The maximum absolute atomic E-state index is 14.8. The largest absolute Gasteiger partial charge is 0.497 e. The molecule has 0 unspecified atom stereocenters. The SMILES string of the molecule is COc1cc(Nc2ccc3ncc(-c4cnn(C5CN(C(=O)OC(C)(C)C)C5)c4)nc3n2)c(F)c(OC)c1. The first-order chi connectivity index (χ1) is 18.1. The standard InChI is InChI=1S/C26H28FN7O4/c1-26(2,3)38-25(35)33-13-16(14-33)34-12-15(10-29-34)20-11-28-18-6-7-22(32-24(18)31-20)30-19-8-17(36-4)9-21(37-5)23(19)27/h6-12,16H,13-14H2,1-5H3,(H,30,31,32). The summed E-state index contributed by atoms with van der Waals surface area (Å²) in [7, 11) is 2.88. The van der Waals surface area contributed by atoms with Crippen LogP contribution in [0.15, 0.2) is 42.9 Å². The normalized spacial score (nSPS) is 13.8. The van der Waals surface area contributed by atoms with E-state index < -0.39 is 11.4 Å². The highest BCUT2D eigenvalue weighted by molar-refractivity contribution is 5.76. The number of ether oxygens (including phenoxy) is 3. The molecule has 0 radical (unpaired) electrons. The summed E-state index contributed by atoms with van der Waals surface area (Å²) in [6.45, 7) is 6.56. The molecule has 1 fully saturated rings. The van der Waals surface area contributed by atoms with E-state index in [4.69, 9.17) is 14.2 Å². The van der Waals surface area contributed by atoms with Crippen molar-refractivity contribution in [2.75, 3.05) is 32.6 Å². The van der Waals surface area contributed by atoms with Gasteiger partial charge in [0.2, 0.25) is 0 Å². The summed E-state index contributed by atoms with van der Waals surface area (Å²) >= 11 is 0. The monoisotopic (exact) mass is 521 g/mol. The van der Waals surface area contributed by atoms with E-state index in [1.165, 1.54) is 26.4 Å². The van der Waals surface area contributed by atoms with Gasteiger partial charge in [-0.1, -0.05) is 0 Å². The molecule has 1 N–H and O–H groups in total. The first-order valence-electron chi connectivity index (χ1n) is 12.0. The van der Waals surface area contributed by atoms with Gasteiger partial charge in [-0.25, -0.2) is 19.2 Å². The van der Waals surface area contributed by atoms with E-state index in [9.17, 15) is 9.18 Å². The Balaban J connectivity index is 1.33. The molecule has 1 aliphatic heterocycles. The van der Waals surface area contributed by atoms with Crippen LogP contribution in [0.4, 0.5) is 20.7 Å². The van der Waals surface area contributed by atoms with Crippen LogP contribution in [0.3, 0.4) is 0 Å². The number of benzene rings is 1. The number of halogens is 1. The van der Waals surface area contributed by atoms with Crippen molar-refractivity contribution in [1.82, 2.24) is 29.6 Å². The molecule has 0 atom stereocenters. The highest BCUT2D eigenvalue weighted by Gasteiger charge is 2.35. The highest BCUT2D eigenvalue weighted by atomic mass is 19.1. The number of fused-ring (bicyclic) bond motifs is 1. The molecule has 38 heavy (non-hydrogen) atoms. The van der Waals surface area contributed by atoms with E-state index in [0.717, 1.165) is 5.56 Å². The van der Waals surface area contributed by atoms with E-state index in [1.54, 1.807) is 29.4 Å². The number of amides is 1. The summed E-state index contributed by atoms with van der Waals surface area (Å²) in [6.07, 6.45) is 4.89. The molecule has 0 bridgehead atoms. The van der Waals surface area contributed by atoms with Crippen LogP contribution in [0.1, 0.15) is 26.8 Å². The van der Waals surface area contributed by atoms with E-state index in [2.05, 4.69) is 25.4 Å². The Morgan fingerprint density at radius 3 is 2.61 bits per heavy atom. The van der Waals surface area contributed by atoms with Gasteiger partial charge >= 0.3 is 6.09 Å². The van der Waals surface area contributed by atoms with Gasteiger partial charge in [-0.3, -0.25) is 9.67 Å².